The van der Waals surface area contributed by atoms with Gasteiger partial charge in [0.15, 0.2) is 0 Å². The van der Waals surface area contributed by atoms with E-state index in [0.29, 0.717) is 25.6 Å². The van der Waals surface area contributed by atoms with Gasteiger partial charge in [0.2, 0.25) is 15.9 Å². The molecule has 1 spiro atoms. The first-order valence-electron chi connectivity index (χ1n) is 8.28. The maximum atomic E-state index is 12.3. The average molecular weight is 338 g/mol. The molecule has 126 valence electrons. The Kier molecular flexibility index (Phi) is 3.82. The van der Waals surface area contributed by atoms with E-state index >= 15 is 0 Å². The topological polar surface area (TPSA) is 68.7 Å². The van der Waals surface area contributed by atoms with Crippen molar-refractivity contribution in [2.45, 2.75) is 49.1 Å². The minimum Gasteiger partial charge on any atom is -0.472 e. The third-order valence-electron chi connectivity index (χ3n) is 5.04. The molecule has 2 aliphatic heterocycles. The summed E-state index contributed by atoms with van der Waals surface area (Å²) in [7, 11) is -3.06. The lowest BCUT2D eigenvalue weighted by Crippen LogP contribution is -2.47. The lowest BCUT2D eigenvalue weighted by molar-refractivity contribution is -0.0320. The number of aromatic nitrogens is 1. The monoisotopic (exact) mass is 338 g/mol. The molecule has 2 saturated heterocycles. The van der Waals surface area contributed by atoms with E-state index in [2.05, 4.69) is 4.98 Å². The number of pyridine rings is 1. The summed E-state index contributed by atoms with van der Waals surface area (Å²) < 4.78 is 38.2. The van der Waals surface area contributed by atoms with E-state index < -0.39 is 10.0 Å². The molecule has 1 aliphatic carbocycles. The Morgan fingerprint density at radius 1 is 1.26 bits per heavy atom. The molecule has 4 rings (SSSR count). The van der Waals surface area contributed by atoms with E-state index in [9.17, 15) is 8.42 Å². The first kappa shape index (κ1) is 15.4. The van der Waals surface area contributed by atoms with Gasteiger partial charge in [-0.25, -0.2) is 17.7 Å². The van der Waals surface area contributed by atoms with Crippen molar-refractivity contribution in [1.82, 2.24) is 9.29 Å². The predicted molar refractivity (Wildman–Crippen MR) is 84.7 cm³/mol. The lowest BCUT2D eigenvalue weighted by atomic mass is 9.89. The molecular weight excluding hydrogens is 316 g/mol. The van der Waals surface area contributed by atoms with Gasteiger partial charge in [-0.3, -0.25) is 0 Å². The van der Waals surface area contributed by atoms with E-state index in [1.807, 2.05) is 18.2 Å². The summed E-state index contributed by atoms with van der Waals surface area (Å²) >= 11 is 0. The highest BCUT2D eigenvalue weighted by Crippen LogP contribution is 2.40. The molecule has 6 nitrogen and oxygen atoms in total. The van der Waals surface area contributed by atoms with Crippen molar-refractivity contribution < 1.29 is 17.9 Å². The molecule has 1 saturated carbocycles. The van der Waals surface area contributed by atoms with E-state index in [1.54, 1.807) is 10.5 Å². The van der Waals surface area contributed by atoms with Crippen LogP contribution in [0.5, 0.6) is 5.88 Å². The van der Waals surface area contributed by atoms with Gasteiger partial charge in [-0.2, -0.15) is 0 Å². The Balaban J connectivity index is 1.35. The molecule has 0 radical (unpaired) electrons. The van der Waals surface area contributed by atoms with Crippen LogP contribution in [-0.4, -0.2) is 54.4 Å². The average Bonchev–Trinajstić information content (AvgIpc) is 3.35. The molecule has 3 heterocycles. The standard InChI is InChI=1S/C16H22N2O4S/c19-23(20,14-4-5-14)18-9-6-16(7-10-18)11-13(12-21-16)22-15-3-1-2-8-17-15/h1-3,8,13-14H,4-7,9-12H2/t13-/m1/s1. The highest BCUT2D eigenvalue weighted by Gasteiger charge is 2.48. The zero-order valence-corrected chi connectivity index (χ0v) is 13.9. The summed E-state index contributed by atoms with van der Waals surface area (Å²) in [5.74, 6) is 0.617. The van der Waals surface area contributed by atoms with E-state index in [1.165, 1.54) is 0 Å². The van der Waals surface area contributed by atoms with Crippen LogP contribution in [-0.2, 0) is 14.8 Å². The summed E-state index contributed by atoms with van der Waals surface area (Å²) in [6, 6.07) is 5.60. The second-order valence-corrected chi connectivity index (χ2v) is 8.96. The minimum atomic E-state index is -3.06. The Morgan fingerprint density at radius 2 is 2.04 bits per heavy atom. The molecule has 0 unspecified atom stereocenters. The molecule has 0 aromatic carbocycles. The van der Waals surface area contributed by atoms with Gasteiger partial charge >= 0.3 is 0 Å². The molecule has 0 bridgehead atoms. The van der Waals surface area contributed by atoms with Gasteiger partial charge in [0.25, 0.3) is 0 Å². The van der Waals surface area contributed by atoms with Crippen LogP contribution < -0.4 is 4.74 Å². The second-order valence-electron chi connectivity index (χ2n) is 6.75. The maximum Gasteiger partial charge on any atom is 0.216 e. The number of piperidine rings is 1. The lowest BCUT2D eigenvalue weighted by Gasteiger charge is -2.37. The fourth-order valence-corrected chi connectivity index (χ4v) is 5.38. The SMILES string of the molecule is O=S(=O)(C1CC1)N1CCC2(CC1)C[C@@H](Oc1ccccn1)CO2. The summed E-state index contributed by atoms with van der Waals surface area (Å²) in [5, 5.41) is -0.124. The van der Waals surface area contributed by atoms with Gasteiger partial charge in [0.1, 0.15) is 6.10 Å². The van der Waals surface area contributed by atoms with Crippen molar-refractivity contribution in [3.8, 4) is 5.88 Å². The van der Waals surface area contributed by atoms with Crippen LogP contribution in [0.25, 0.3) is 0 Å². The fraction of sp³-hybridized carbons (Fsp3) is 0.688. The third-order valence-corrected chi connectivity index (χ3v) is 7.44. The van der Waals surface area contributed by atoms with Crippen LogP contribution in [0.15, 0.2) is 24.4 Å². The number of sulfonamides is 1. The normalized spacial score (nSPS) is 28.1. The second kappa shape index (κ2) is 5.72. The number of hydrogen-bond acceptors (Lipinski definition) is 5. The van der Waals surface area contributed by atoms with Crippen LogP contribution in [0, 0.1) is 0 Å². The van der Waals surface area contributed by atoms with E-state index in [0.717, 1.165) is 32.1 Å². The van der Waals surface area contributed by atoms with Crippen molar-refractivity contribution in [3.05, 3.63) is 24.4 Å². The van der Waals surface area contributed by atoms with Crippen molar-refractivity contribution in [3.63, 3.8) is 0 Å². The number of ether oxygens (including phenoxy) is 2. The number of hydrogen-bond donors (Lipinski definition) is 0. The first-order chi connectivity index (χ1) is 11.1. The van der Waals surface area contributed by atoms with Crippen molar-refractivity contribution >= 4 is 10.0 Å². The first-order valence-corrected chi connectivity index (χ1v) is 9.78. The fourth-order valence-electron chi connectivity index (χ4n) is 3.54. The molecule has 1 aromatic heterocycles. The van der Waals surface area contributed by atoms with Crippen LogP contribution >= 0.6 is 0 Å². The van der Waals surface area contributed by atoms with Crippen molar-refractivity contribution in [1.29, 1.82) is 0 Å². The van der Waals surface area contributed by atoms with E-state index in [4.69, 9.17) is 9.47 Å². The van der Waals surface area contributed by atoms with Gasteiger partial charge < -0.3 is 9.47 Å². The molecule has 3 fully saturated rings. The number of nitrogens with zero attached hydrogens (tertiary/aromatic N) is 2. The molecule has 0 amide bonds. The molecule has 23 heavy (non-hydrogen) atoms. The Morgan fingerprint density at radius 3 is 2.70 bits per heavy atom. The van der Waals surface area contributed by atoms with Gasteiger partial charge in [-0.05, 0) is 31.7 Å². The van der Waals surface area contributed by atoms with Gasteiger partial charge in [0, 0.05) is 31.8 Å². The summed E-state index contributed by atoms with van der Waals surface area (Å²) in [4.78, 5) is 4.18. The summed E-state index contributed by atoms with van der Waals surface area (Å²) in [6.07, 6.45) is 5.66. The summed E-state index contributed by atoms with van der Waals surface area (Å²) in [5.41, 5.74) is -0.227. The number of rotatable bonds is 4. The predicted octanol–water partition coefficient (Wildman–Crippen LogP) is 1.58. The highest BCUT2D eigenvalue weighted by atomic mass is 32.2. The van der Waals surface area contributed by atoms with Crippen molar-refractivity contribution in [2.24, 2.45) is 0 Å². The minimum absolute atomic E-state index is 0.00325. The molecule has 0 N–H and O–H groups in total. The highest BCUT2D eigenvalue weighted by molar-refractivity contribution is 7.90. The molecule has 7 heteroatoms. The van der Waals surface area contributed by atoms with Crippen LogP contribution in [0.3, 0.4) is 0 Å². The smallest absolute Gasteiger partial charge is 0.216 e. The quantitative estimate of drug-likeness (QED) is 0.834. The Hall–Kier alpha value is -1.18. The van der Waals surface area contributed by atoms with Crippen LogP contribution in [0.1, 0.15) is 32.1 Å². The van der Waals surface area contributed by atoms with Crippen LogP contribution in [0.4, 0.5) is 0 Å². The van der Waals surface area contributed by atoms with E-state index in [-0.39, 0.29) is 17.0 Å². The third kappa shape index (κ3) is 3.09. The van der Waals surface area contributed by atoms with Gasteiger partial charge in [-0.15, -0.1) is 0 Å². The van der Waals surface area contributed by atoms with Gasteiger partial charge in [-0.1, -0.05) is 6.07 Å². The molecule has 3 aliphatic rings. The zero-order chi connectivity index (χ0) is 15.9. The summed E-state index contributed by atoms with van der Waals surface area (Å²) in [6.45, 7) is 1.68. The zero-order valence-electron chi connectivity index (χ0n) is 13.1. The van der Waals surface area contributed by atoms with Gasteiger partial charge in [0.05, 0.1) is 17.5 Å². The maximum absolute atomic E-state index is 12.3. The largest absolute Gasteiger partial charge is 0.472 e. The Labute approximate surface area is 136 Å². The molecule has 1 atom stereocenters. The molecule has 1 aromatic rings. The Bertz CT molecular complexity index is 652. The molecular formula is C16H22N2O4S. The van der Waals surface area contributed by atoms with Crippen molar-refractivity contribution in [2.75, 3.05) is 19.7 Å². The van der Waals surface area contributed by atoms with Crippen LogP contribution in [0.2, 0.25) is 0 Å².